The SMILES string of the molecule is CC(CC(=O)Nc1ccccc1)OC(=O)c1ccccc1. The van der Waals surface area contributed by atoms with Crippen LogP contribution in [-0.2, 0) is 9.53 Å². The number of nitrogens with one attached hydrogen (secondary N) is 1. The van der Waals surface area contributed by atoms with Gasteiger partial charge in [-0.2, -0.15) is 0 Å². The van der Waals surface area contributed by atoms with Gasteiger partial charge in [-0.3, -0.25) is 4.79 Å². The molecular weight excluding hydrogens is 266 g/mol. The number of hydrogen-bond acceptors (Lipinski definition) is 3. The van der Waals surface area contributed by atoms with E-state index in [1.807, 2.05) is 24.3 Å². The minimum atomic E-state index is -0.485. The number of ether oxygens (including phenoxy) is 1. The summed E-state index contributed by atoms with van der Waals surface area (Å²) in [6, 6.07) is 17.9. The number of benzene rings is 2. The summed E-state index contributed by atoms with van der Waals surface area (Å²) in [6.07, 6.45) is -0.366. The molecule has 1 atom stereocenters. The largest absolute Gasteiger partial charge is 0.459 e. The molecule has 0 bridgehead atoms. The molecule has 0 aliphatic heterocycles. The van der Waals surface area contributed by atoms with Gasteiger partial charge in [0.2, 0.25) is 5.91 Å². The van der Waals surface area contributed by atoms with Gasteiger partial charge in [0.1, 0.15) is 6.10 Å². The van der Waals surface area contributed by atoms with Gasteiger partial charge in [0, 0.05) is 5.69 Å². The van der Waals surface area contributed by atoms with E-state index in [1.54, 1.807) is 43.3 Å². The highest BCUT2D eigenvalue weighted by molar-refractivity contribution is 5.92. The fourth-order valence-electron chi connectivity index (χ4n) is 1.86. The Bertz CT molecular complexity index is 596. The molecule has 21 heavy (non-hydrogen) atoms. The molecule has 2 aromatic carbocycles. The average Bonchev–Trinajstić information content (AvgIpc) is 2.48. The smallest absolute Gasteiger partial charge is 0.338 e. The molecular formula is C17H17NO3. The second-order valence-corrected chi connectivity index (χ2v) is 4.70. The van der Waals surface area contributed by atoms with Gasteiger partial charge < -0.3 is 10.1 Å². The second-order valence-electron chi connectivity index (χ2n) is 4.70. The minimum absolute atomic E-state index is 0.119. The van der Waals surface area contributed by atoms with Crippen molar-refractivity contribution in [2.45, 2.75) is 19.4 Å². The van der Waals surface area contributed by atoms with Gasteiger partial charge in [0.25, 0.3) is 0 Å². The van der Waals surface area contributed by atoms with E-state index in [0.29, 0.717) is 5.56 Å². The normalized spacial score (nSPS) is 11.5. The summed E-state index contributed by atoms with van der Waals surface area (Å²) in [5, 5.41) is 2.76. The summed E-state index contributed by atoms with van der Waals surface area (Å²) in [4.78, 5) is 23.7. The van der Waals surface area contributed by atoms with E-state index in [4.69, 9.17) is 4.74 Å². The summed E-state index contributed by atoms with van der Waals surface area (Å²) in [6.45, 7) is 1.70. The zero-order chi connectivity index (χ0) is 15.1. The second kappa shape index (κ2) is 7.24. The van der Waals surface area contributed by atoms with Crippen molar-refractivity contribution in [2.24, 2.45) is 0 Å². The fourth-order valence-corrected chi connectivity index (χ4v) is 1.86. The molecule has 0 fully saturated rings. The van der Waals surface area contributed by atoms with E-state index in [2.05, 4.69) is 5.32 Å². The first kappa shape index (κ1) is 14.8. The van der Waals surface area contributed by atoms with Crippen LogP contribution in [-0.4, -0.2) is 18.0 Å². The molecule has 0 spiro atoms. The number of para-hydroxylation sites is 1. The molecule has 0 saturated heterocycles. The van der Waals surface area contributed by atoms with Gasteiger partial charge in [0.15, 0.2) is 0 Å². The van der Waals surface area contributed by atoms with E-state index in [0.717, 1.165) is 5.69 Å². The number of esters is 1. The van der Waals surface area contributed by atoms with Gasteiger partial charge >= 0.3 is 5.97 Å². The Balaban J connectivity index is 1.83. The summed E-state index contributed by atoms with van der Waals surface area (Å²) in [5.41, 5.74) is 1.21. The first-order chi connectivity index (χ1) is 10.1. The number of carbonyl (C=O) groups excluding carboxylic acids is 2. The highest BCUT2D eigenvalue weighted by atomic mass is 16.5. The molecule has 1 unspecified atom stereocenters. The monoisotopic (exact) mass is 283 g/mol. The lowest BCUT2D eigenvalue weighted by Crippen LogP contribution is -2.22. The predicted octanol–water partition coefficient (Wildman–Crippen LogP) is 3.26. The Morgan fingerprint density at radius 3 is 2.19 bits per heavy atom. The first-order valence-corrected chi connectivity index (χ1v) is 6.76. The van der Waals surface area contributed by atoms with Crippen LogP contribution in [0.25, 0.3) is 0 Å². The average molecular weight is 283 g/mol. The first-order valence-electron chi connectivity index (χ1n) is 6.76. The van der Waals surface area contributed by atoms with Crippen LogP contribution < -0.4 is 5.32 Å². The highest BCUT2D eigenvalue weighted by Crippen LogP contribution is 2.09. The van der Waals surface area contributed by atoms with Crippen molar-refractivity contribution < 1.29 is 14.3 Å². The van der Waals surface area contributed by atoms with Crippen molar-refractivity contribution in [2.75, 3.05) is 5.32 Å². The van der Waals surface area contributed by atoms with Gasteiger partial charge in [-0.1, -0.05) is 36.4 Å². The van der Waals surface area contributed by atoms with Gasteiger partial charge in [-0.25, -0.2) is 4.79 Å². The van der Waals surface area contributed by atoms with Crippen molar-refractivity contribution in [3.63, 3.8) is 0 Å². The fraction of sp³-hybridized carbons (Fsp3) is 0.176. The summed E-state index contributed by atoms with van der Waals surface area (Å²) in [7, 11) is 0. The molecule has 4 heteroatoms. The molecule has 0 aliphatic carbocycles. The number of anilines is 1. The third-order valence-corrected chi connectivity index (χ3v) is 2.85. The Hall–Kier alpha value is -2.62. The third-order valence-electron chi connectivity index (χ3n) is 2.85. The topological polar surface area (TPSA) is 55.4 Å². The minimum Gasteiger partial charge on any atom is -0.459 e. The van der Waals surface area contributed by atoms with Crippen LogP contribution >= 0.6 is 0 Å². The molecule has 0 heterocycles. The summed E-state index contributed by atoms with van der Waals surface area (Å²) in [5.74, 6) is -0.606. The van der Waals surface area contributed by atoms with Crippen LogP contribution in [0.15, 0.2) is 60.7 Å². The standard InChI is InChI=1S/C17H17NO3/c1-13(21-17(20)14-8-4-2-5-9-14)12-16(19)18-15-10-6-3-7-11-15/h2-11,13H,12H2,1H3,(H,18,19). The van der Waals surface area contributed by atoms with Gasteiger partial charge in [0.05, 0.1) is 12.0 Å². The van der Waals surface area contributed by atoms with Crippen LogP contribution in [0, 0.1) is 0 Å². The third kappa shape index (κ3) is 4.76. The lowest BCUT2D eigenvalue weighted by atomic mass is 10.2. The summed E-state index contributed by atoms with van der Waals surface area (Å²) >= 11 is 0. The van der Waals surface area contributed by atoms with Crippen molar-refractivity contribution in [1.82, 2.24) is 0 Å². The van der Waals surface area contributed by atoms with Crippen molar-refractivity contribution >= 4 is 17.6 Å². The molecule has 108 valence electrons. The molecule has 4 nitrogen and oxygen atoms in total. The Morgan fingerprint density at radius 2 is 1.57 bits per heavy atom. The Morgan fingerprint density at radius 1 is 1.00 bits per heavy atom. The van der Waals surface area contributed by atoms with E-state index in [-0.39, 0.29) is 12.3 Å². The lowest BCUT2D eigenvalue weighted by molar-refractivity contribution is -0.117. The number of hydrogen-bond donors (Lipinski definition) is 1. The van der Waals surface area contributed by atoms with Gasteiger partial charge in [-0.05, 0) is 31.2 Å². The molecule has 0 radical (unpaired) electrons. The predicted molar refractivity (Wildman–Crippen MR) is 81.0 cm³/mol. The maximum atomic E-state index is 11.8. The highest BCUT2D eigenvalue weighted by Gasteiger charge is 2.15. The number of carbonyl (C=O) groups is 2. The molecule has 0 aliphatic rings. The maximum absolute atomic E-state index is 11.8. The molecule has 2 aromatic rings. The van der Waals surface area contributed by atoms with Crippen LogP contribution in [0.1, 0.15) is 23.7 Å². The zero-order valence-electron chi connectivity index (χ0n) is 11.8. The van der Waals surface area contributed by atoms with Crippen molar-refractivity contribution in [3.05, 3.63) is 66.2 Å². The molecule has 1 N–H and O–H groups in total. The van der Waals surface area contributed by atoms with Crippen LogP contribution in [0.4, 0.5) is 5.69 Å². The molecule has 0 saturated carbocycles. The molecule has 1 amide bonds. The van der Waals surface area contributed by atoms with E-state index < -0.39 is 12.1 Å². The van der Waals surface area contributed by atoms with Crippen molar-refractivity contribution in [3.8, 4) is 0 Å². The summed E-state index contributed by atoms with van der Waals surface area (Å²) < 4.78 is 5.24. The van der Waals surface area contributed by atoms with Gasteiger partial charge in [-0.15, -0.1) is 0 Å². The van der Waals surface area contributed by atoms with Crippen molar-refractivity contribution in [1.29, 1.82) is 0 Å². The molecule has 2 rings (SSSR count). The van der Waals surface area contributed by atoms with E-state index in [1.165, 1.54) is 0 Å². The zero-order valence-corrected chi connectivity index (χ0v) is 11.8. The Kier molecular flexibility index (Phi) is 5.10. The van der Waals surface area contributed by atoms with Crippen LogP contribution in [0.3, 0.4) is 0 Å². The quantitative estimate of drug-likeness (QED) is 0.857. The van der Waals surface area contributed by atoms with Crippen LogP contribution in [0.2, 0.25) is 0 Å². The molecule has 0 aromatic heterocycles. The Labute approximate surface area is 123 Å². The number of amides is 1. The van der Waals surface area contributed by atoms with E-state index in [9.17, 15) is 9.59 Å². The van der Waals surface area contributed by atoms with E-state index >= 15 is 0 Å². The lowest BCUT2D eigenvalue weighted by Gasteiger charge is -2.13. The number of rotatable bonds is 5. The van der Waals surface area contributed by atoms with Crippen LogP contribution in [0.5, 0.6) is 0 Å². The maximum Gasteiger partial charge on any atom is 0.338 e.